The van der Waals surface area contributed by atoms with Crippen molar-refractivity contribution >= 4 is 17.3 Å². The van der Waals surface area contributed by atoms with Gasteiger partial charge in [0.25, 0.3) is 5.91 Å². The summed E-state index contributed by atoms with van der Waals surface area (Å²) in [6.07, 6.45) is 0. The molecule has 0 unspecified atom stereocenters. The zero-order valence-corrected chi connectivity index (χ0v) is 17.5. The first-order chi connectivity index (χ1) is 14.9. The molecular formula is C23H23N7O. The quantitative estimate of drug-likeness (QED) is 0.263. The Morgan fingerprint density at radius 2 is 1.81 bits per heavy atom. The first-order valence-electron chi connectivity index (χ1n) is 9.82. The van der Waals surface area contributed by atoms with Crippen LogP contribution in [0.4, 0.5) is 5.69 Å². The zero-order valence-electron chi connectivity index (χ0n) is 17.5. The van der Waals surface area contributed by atoms with Gasteiger partial charge in [-0.15, -0.1) is 0 Å². The number of aromatic amines is 1. The summed E-state index contributed by atoms with van der Waals surface area (Å²) in [5, 5.41) is 15.9. The number of nitrogens with two attached hydrogens (primary N) is 1. The number of nitrogens with zero attached hydrogens (tertiary/aromatic N) is 4. The van der Waals surface area contributed by atoms with Gasteiger partial charge in [-0.1, -0.05) is 30.3 Å². The fraction of sp³-hybridized carbons (Fsp3) is 0.130. The maximum Gasteiger partial charge on any atom is 0.289 e. The molecule has 0 fully saturated rings. The Morgan fingerprint density at radius 3 is 2.52 bits per heavy atom. The Morgan fingerprint density at radius 1 is 1.10 bits per heavy atom. The lowest BCUT2D eigenvalue weighted by atomic mass is 10.1. The van der Waals surface area contributed by atoms with Gasteiger partial charge >= 0.3 is 0 Å². The van der Waals surface area contributed by atoms with Crippen molar-refractivity contribution in [1.82, 2.24) is 25.4 Å². The average Bonchev–Trinajstić information content (AvgIpc) is 3.37. The lowest BCUT2D eigenvalue weighted by Crippen LogP contribution is -2.19. The van der Waals surface area contributed by atoms with Crippen molar-refractivity contribution in [1.29, 1.82) is 0 Å². The van der Waals surface area contributed by atoms with Gasteiger partial charge in [0.2, 0.25) is 0 Å². The van der Waals surface area contributed by atoms with Crippen LogP contribution in [0.15, 0.2) is 65.8 Å². The number of nitrogen functional groups attached to an aromatic ring is 1. The van der Waals surface area contributed by atoms with E-state index >= 15 is 0 Å². The lowest BCUT2D eigenvalue weighted by molar-refractivity contribution is 0.0950. The number of aromatic nitrogens is 4. The second-order valence-electron chi connectivity index (χ2n) is 7.22. The minimum atomic E-state index is -0.376. The predicted molar refractivity (Wildman–Crippen MR) is 121 cm³/mol. The van der Waals surface area contributed by atoms with E-state index in [0.717, 1.165) is 28.2 Å². The summed E-state index contributed by atoms with van der Waals surface area (Å²) in [5.41, 5.74) is 15.1. The van der Waals surface area contributed by atoms with E-state index in [9.17, 15) is 4.79 Å². The molecule has 31 heavy (non-hydrogen) atoms. The number of nitrogens with one attached hydrogen (secondary N) is 2. The minimum absolute atomic E-state index is 0.315. The van der Waals surface area contributed by atoms with E-state index in [-0.39, 0.29) is 5.91 Å². The SMILES string of the molecule is CC(=NNC(=O)c1cc(-c2c(C)nn(-c3ccccc3)c2C)n[nH]1)c1ccc(N)cc1. The van der Waals surface area contributed by atoms with Crippen LogP contribution in [-0.2, 0) is 0 Å². The van der Waals surface area contributed by atoms with Crippen LogP contribution in [0.5, 0.6) is 0 Å². The fourth-order valence-electron chi connectivity index (χ4n) is 3.38. The number of rotatable bonds is 5. The molecule has 8 nitrogen and oxygen atoms in total. The molecule has 2 heterocycles. The smallest absolute Gasteiger partial charge is 0.289 e. The molecule has 4 N–H and O–H groups in total. The van der Waals surface area contributed by atoms with Crippen LogP contribution < -0.4 is 11.2 Å². The van der Waals surface area contributed by atoms with Crippen molar-refractivity contribution in [3.63, 3.8) is 0 Å². The van der Waals surface area contributed by atoms with Gasteiger partial charge < -0.3 is 5.73 Å². The molecule has 4 rings (SSSR count). The summed E-state index contributed by atoms with van der Waals surface area (Å²) in [4.78, 5) is 12.5. The predicted octanol–water partition coefficient (Wildman–Crippen LogP) is 3.62. The van der Waals surface area contributed by atoms with Gasteiger partial charge in [-0.3, -0.25) is 9.89 Å². The van der Waals surface area contributed by atoms with Crippen LogP contribution in [0.2, 0.25) is 0 Å². The molecule has 0 bridgehead atoms. The molecule has 0 spiro atoms. The first kappa shape index (κ1) is 20.1. The number of benzene rings is 2. The topological polar surface area (TPSA) is 114 Å². The third kappa shape index (κ3) is 4.09. The first-order valence-corrected chi connectivity index (χ1v) is 9.82. The van der Waals surface area contributed by atoms with E-state index in [4.69, 9.17) is 5.73 Å². The van der Waals surface area contributed by atoms with E-state index in [1.807, 2.05) is 67.9 Å². The maximum absolute atomic E-state index is 12.5. The van der Waals surface area contributed by atoms with Crippen molar-refractivity contribution in [2.45, 2.75) is 20.8 Å². The number of carbonyl (C=O) groups is 1. The van der Waals surface area contributed by atoms with Crippen molar-refractivity contribution < 1.29 is 4.79 Å². The van der Waals surface area contributed by atoms with E-state index in [1.165, 1.54) is 0 Å². The van der Waals surface area contributed by atoms with E-state index < -0.39 is 0 Å². The van der Waals surface area contributed by atoms with E-state index in [0.29, 0.717) is 22.8 Å². The molecule has 156 valence electrons. The number of para-hydroxylation sites is 1. The van der Waals surface area contributed by atoms with Crippen molar-refractivity contribution in [3.05, 3.63) is 83.3 Å². The van der Waals surface area contributed by atoms with Gasteiger partial charge in [0, 0.05) is 11.3 Å². The van der Waals surface area contributed by atoms with Crippen LogP contribution in [-0.4, -0.2) is 31.6 Å². The molecule has 0 atom stereocenters. The molecule has 0 radical (unpaired) electrons. The summed E-state index contributed by atoms with van der Waals surface area (Å²) in [6, 6.07) is 18.9. The number of hydrogen-bond acceptors (Lipinski definition) is 5. The Kier molecular flexibility index (Phi) is 5.36. The summed E-state index contributed by atoms with van der Waals surface area (Å²) < 4.78 is 1.87. The molecular weight excluding hydrogens is 390 g/mol. The third-order valence-electron chi connectivity index (χ3n) is 5.02. The van der Waals surface area contributed by atoms with Gasteiger partial charge in [-0.05, 0) is 56.7 Å². The molecule has 0 aliphatic carbocycles. The largest absolute Gasteiger partial charge is 0.399 e. The number of aryl methyl sites for hydroxylation is 1. The van der Waals surface area contributed by atoms with E-state index in [2.05, 4.69) is 25.8 Å². The van der Waals surface area contributed by atoms with Crippen LogP contribution in [0, 0.1) is 13.8 Å². The number of hydrazone groups is 1. The van der Waals surface area contributed by atoms with Gasteiger partial charge in [-0.2, -0.15) is 15.3 Å². The number of H-pyrrole nitrogens is 1. The normalized spacial score (nSPS) is 11.5. The molecule has 0 saturated heterocycles. The second-order valence-corrected chi connectivity index (χ2v) is 7.22. The molecule has 0 aliphatic heterocycles. The Balaban J connectivity index is 1.54. The number of amides is 1. The van der Waals surface area contributed by atoms with Crippen LogP contribution in [0.25, 0.3) is 16.9 Å². The standard InChI is InChI=1S/C23H23N7O/c1-14(17-9-11-18(24)12-10-17)25-28-23(31)21-13-20(26-27-21)22-15(2)29-30(16(22)3)19-7-5-4-6-8-19/h4-13H,24H2,1-3H3,(H,26,27)(H,28,31). The Hall–Kier alpha value is -4.20. The molecule has 0 aliphatic rings. The highest BCUT2D eigenvalue weighted by Gasteiger charge is 2.19. The van der Waals surface area contributed by atoms with Gasteiger partial charge in [-0.25, -0.2) is 10.1 Å². The summed E-state index contributed by atoms with van der Waals surface area (Å²) in [7, 11) is 0. The molecule has 4 aromatic rings. The van der Waals surface area contributed by atoms with Gasteiger partial charge in [0.15, 0.2) is 0 Å². The lowest BCUT2D eigenvalue weighted by Gasteiger charge is -2.04. The van der Waals surface area contributed by atoms with E-state index in [1.54, 1.807) is 18.2 Å². The summed E-state index contributed by atoms with van der Waals surface area (Å²) in [5.74, 6) is -0.376. The molecule has 2 aromatic heterocycles. The van der Waals surface area contributed by atoms with Crippen LogP contribution in [0.1, 0.15) is 34.4 Å². The second kappa shape index (κ2) is 8.27. The Labute approximate surface area is 179 Å². The molecule has 0 saturated carbocycles. The fourth-order valence-corrected chi connectivity index (χ4v) is 3.38. The average molecular weight is 413 g/mol. The highest BCUT2D eigenvalue weighted by molar-refractivity contribution is 6.00. The zero-order chi connectivity index (χ0) is 22.0. The molecule has 8 heteroatoms. The Bertz CT molecular complexity index is 1250. The number of hydrogen-bond donors (Lipinski definition) is 3. The van der Waals surface area contributed by atoms with Gasteiger partial charge in [0.05, 0.1) is 28.5 Å². The summed E-state index contributed by atoms with van der Waals surface area (Å²) in [6.45, 7) is 5.72. The minimum Gasteiger partial charge on any atom is -0.399 e. The highest BCUT2D eigenvalue weighted by atomic mass is 16.2. The number of anilines is 1. The maximum atomic E-state index is 12.5. The van der Waals surface area contributed by atoms with Crippen LogP contribution >= 0.6 is 0 Å². The monoisotopic (exact) mass is 413 g/mol. The number of carbonyl (C=O) groups excluding carboxylic acids is 1. The van der Waals surface area contributed by atoms with Gasteiger partial charge in [0.1, 0.15) is 5.69 Å². The molecule has 1 amide bonds. The van der Waals surface area contributed by atoms with Crippen molar-refractivity contribution in [3.8, 4) is 16.9 Å². The third-order valence-corrected chi connectivity index (χ3v) is 5.02. The van der Waals surface area contributed by atoms with Crippen LogP contribution in [0.3, 0.4) is 0 Å². The van der Waals surface area contributed by atoms with Crippen molar-refractivity contribution in [2.24, 2.45) is 5.10 Å². The van der Waals surface area contributed by atoms with Crippen molar-refractivity contribution in [2.75, 3.05) is 5.73 Å². The highest BCUT2D eigenvalue weighted by Crippen LogP contribution is 2.27. The molecule has 2 aromatic carbocycles. The summed E-state index contributed by atoms with van der Waals surface area (Å²) >= 11 is 0.